The lowest BCUT2D eigenvalue weighted by molar-refractivity contribution is -0.143. The molecule has 2 rings (SSSR count). The van der Waals surface area contributed by atoms with Gasteiger partial charge in [-0.05, 0) is 6.92 Å². The minimum Gasteiger partial charge on any atom is -0.480 e. The van der Waals surface area contributed by atoms with E-state index < -0.39 is 23.7 Å². The molecule has 0 saturated heterocycles. The average molecular weight is 219 g/mol. The molecule has 3 nitrogen and oxygen atoms in total. The van der Waals surface area contributed by atoms with Gasteiger partial charge in [-0.25, -0.2) is 13.8 Å². The molecule has 14 heavy (non-hydrogen) atoms. The molecule has 1 aromatic heterocycles. The van der Waals surface area contributed by atoms with Crippen molar-refractivity contribution in [2.75, 3.05) is 0 Å². The number of aromatic nitrogens is 1. The monoisotopic (exact) mass is 219 g/mol. The molecule has 0 spiro atoms. The SMILES string of the molecule is Cc1nc(C2(C(=O)O)CC2(F)F)cs1. The van der Waals surface area contributed by atoms with Crippen molar-refractivity contribution in [2.45, 2.75) is 24.7 Å². The Labute approximate surface area is 82.4 Å². The first-order valence-corrected chi connectivity index (χ1v) is 4.82. The van der Waals surface area contributed by atoms with Crippen molar-refractivity contribution in [3.05, 3.63) is 16.1 Å². The quantitative estimate of drug-likeness (QED) is 0.825. The number of carboxylic acids is 1. The Hall–Kier alpha value is -1.04. The van der Waals surface area contributed by atoms with Crippen LogP contribution in [-0.4, -0.2) is 22.0 Å². The van der Waals surface area contributed by atoms with E-state index in [2.05, 4.69) is 4.98 Å². The predicted molar refractivity (Wildman–Crippen MR) is 45.7 cm³/mol. The smallest absolute Gasteiger partial charge is 0.322 e. The molecule has 1 unspecified atom stereocenters. The van der Waals surface area contributed by atoms with Gasteiger partial charge in [0, 0.05) is 11.8 Å². The molecular weight excluding hydrogens is 212 g/mol. The van der Waals surface area contributed by atoms with E-state index >= 15 is 0 Å². The number of aryl methyl sites for hydroxylation is 1. The summed E-state index contributed by atoms with van der Waals surface area (Å²) in [5, 5.41) is 10.8. The molecule has 0 aliphatic heterocycles. The van der Waals surface area contributed by atoms with Crippen molar-refractivity contribution in [3.8, 4) is 0 Å². The Morgan fingerprint density at radius 2 is 2.29 bits per heavy atom. The highest BCUT2D eigenvalue weighted by molar-refractivity contribution is 7.09. The van der Waals surface area contributed by atoms with Gasteiger partial charge in [-0.1, -0.05) is 0 Å². The van der Waals surface area contributed by atoms with Crippen molar-refractivity contribution in [2.24, 2.45) is 0 Å². The summed E-state index contributed by atoms with van der Waals surface area (Å²) in [5.41, 5.74) is -2.07. The van der Waals surface area contributed by atoms with E-state index in [0.717, 1.165) is 0 Å². The van der Waals surface area contributed by atoms with Crippen LogP contribution in [0, 0.1) is 6.92 Å². The lowest BCUT2D eigenvalue weighted by Crippen LogP contribution is -2.27. The van der Waals surface area contributed by atoms with E-state index in [0.29, 0.717) is 5.01 Å². The first-order valence-electron chi connectivity index (χ1n) is 3.94. The minimum absolute atomic E-state index is 0.0162. The van der Waals surface area contributed by atoms with Crippen LogP contribution in [0.5, 0.6) is 0 Å². The zero-order valence-electron chi connectivity index (χ0n) is 7.25. The van der Waals surface area contributed by atoms with Gasteiger partial charge in [-0.15, -0.1) is 11.3 Å². The third kappa shape index (κ3) is 1.00. The van der Waals surface area contributed by atoms with Gasteiger partial charge in [0.2, 0.25) is 0 Å². The Morgan fingerprint density at radius 3 is 2.57 bits per heavy atom. The molecule has 76 valence electrons. The van der Waals surface area contributed by atoms with Gasteiger partial charge in [0.1, 0.15) is 0 Å². The summed E-state index contributed by atoms with van der Waals surface area (Å²) in [6.45, 7) is 1.66. The number of halogens is 2. The number of hydrogen-bond donors (Lipinski definition) is 1. The standard InChI is InChI=1S/C8H7F2NO2S/c1-4-11-5(2-14-4)7(6(12)13)3-8(7,9)10/h2H,3H2,1H3,(H,12,13). The van der Waals surface area contributed by atoms with E-state index in [1.807, 2.05) is 0 Å². The molecule has 1 saturated carbocycles. The second kappa shape index (κ2) is 2.50. The largest absolute Gasteiger partial charge is 0.480 e. The fourth-order valence-corrected chi connectivity index (χ4v) is 2.15. The van der Waals surface area contributed by atoms with Crippen LogP contribution >= 0.6 is 11.3 Å². The second-order valence-corrected chi connectivity index (χ2v) is 4.41. The molecule has 0 amide bonds. The molecule has 1 aliphatic carbocycles. The van der Waals surface area contributed by atoms with Crippen LogP contribution in [0.4, 0.5) is 8.78 Å². The second-order valence-electron chi connectivity index (χ2n) is 3.34. The van der Waals surface area contributed by atoms with E-state index in [1.165, 1.54) is 16.7 Å². The molecule has 0 bridgehead atoms. The number of aliphatic carboxylic acids is 1. The number of rotatable bonds is 2. The lowest BCUT2D eigenvalue weighted by atomic mass is 10.0. The van der Waals surface area contributed by atoms with E-state index in [9.17, 15) is 13.6 Å². The van der Waals surface area contributed by atoms with Crippen molar-refractivity contribution >= 4 is 17.3 Å². The zero-order valence-corrected chi connectivity index (χ0v) is 8.07. The van der Waals surface area contributed by atoms with Gasteiger partial charge in [0.25, 0.3) is 5.92 Å². The maximum atomic E-state index is 13.0. The van der Waals surface area contributed by atoms with Crippen LogP contribution in [-0.2, 0) is 10.2 Å². The number of nitrogens with zero attached hydrogens (tertiary/aromatic N) is 1. The van der Waals surface area contributed by atoms with Crippen molar-refractivity contribution < 1.29 is 18.7 Å². The topological polar surface area (TPSA) is 50.2 Å². The summed E-state index contributed by atoms with van der Waals surface area (Å²) in [6, 6.07) is 0. The van der Waals surface area contributed by atoms with Crippen molar-refractivity contribution in [3.63, 3.8) is 0 Å². The van der Waals surface area contributed by atoms with E-state index in [1.54, 1.807) is 6.92 Å². The zero-order chi connectivity index (χ0) is 10.6. The third-order valence-electron chi connectivity index (χ3n) is 2.41. The molecule has 0 aromatic carbocycles. The van der Waals surface area contributed by atoms with Gasteiger partial charge >= 0.3 is 5.97 Å². The average Bonchev–Trinajstić information content (AvgIpc) is 2.44. The Balaban J connectivity index is 2.46. The molecule has 1 aromatic rings. The maximum Gasteiger partial charge on any atom is 0.322 e. The van der Waals surface area contributed by atoms with Gasteiger partial charge in [-0.2, -0.15) is 0 Å². The number of thiazole rings is 1. The van der Waals surface area contributed by atoms with E-state index in [-0.39, 0.29) is 5.69 Å². The molecule has 0 radical (unpaired) electrons. The molecule has 1 atom stereocenters. The summed E-state index contributed by atoms with van der Waals surface area (Å²) in [4.78, 5) is 14.6. The fraction of sp³-hybridized carbons (Fsp3) is 0.500. The van der Waals surface area contributed by atoms with Crippen LogP contribution < -0.4 is 0 Å². The van der Waals surface area contributed by atoms with Gasteiger partial charge in [-0.3, -0.25) is 4.79 Å². The third-order valence-corrected chi connectivity index (χ3v) is 3.18. The van der Waals surface area contributed by atoms with Crippen LogP contribution in [0.15, 0.2) is 5.38 Å². The Kier molecular flexibility index (Phi) is 1.70. The molecule has 1 N–H and O–H groups in total. The number of carbonyl (C=O) groups is 1. The van der Waals surface area contributed by atoms with Crippen LogP contribution in [0.25, 0.3) is 0 Å². The summed E-state index contributed by atoms with van der Waals surface area (Å²) in [7, 11) is 0. The molecular formula is C8H7F2NO2S. The van der Waals surface area contributed by atoms with Crippen LogP contribution in [0.2, 0.25) is 0 Å². The first-order chi connectivity index (χ1) is 6.40. The van der Waals surface area contributed by atoms with Crippen LogP contribution in [0.3, 0.4) is 0 Å². The predicted octanol–water partition coefficient (Wildman–Crippen LogP) is 1.81. The van der Waals surface area contributed by atoms with Crippen LogP contribution in [0.1, 0.15) is 17.1 Å². The Bertz CT molecular complexity index is 404. The maximum absolute atomic E-state index is 13.0. The minimum atomic E-state index is -3.15. The van der Waals surface area contributed by atoms with Gasteiger partial charge in [0.15, 0.2) is 5.41 Å². The highest BCUT2D eigenvalue weighted by atomic mass is 32.1. The van der Waals surface area contributed by atoms with E-state index in [4.69, 9.17) is 5.11 Å². The summed E-state index contributed by atoms with van der Waals surface area (Å²) in [5.74, 6) is -4.65. The highest BCUT2D eigenvalue weighted by Gasteiger charge is 2.78. The molecule has 1 aliphatic rings. The summed E-state index contributed by atoms with van der Waals surface area (Å²) >= 11 is 1.18. The number of alkyl halides is 2. The molecule has 1 fully saturated rings. The first kappa shape index (κ1) is 9.51. The van der Waals surface area contributed by atoms with Crippen molar-refractivity contribution in [1.29, 1.82) is 0 Å². The number of carboxylic acid groups (broad SMARTS) is 1. The summed E-state index contributed by atoms with van der Waals surface area (Å²) in [6.07, 6.45) is -0.640. The highest BCUT2D eigenvalue weighted by Crippen LogP contribution is 2.61. The van der Waals surface area contributed by atoms with Gasteiger partial charge in [0.05, 0.1) is 10.7 Å². The molecule has 1 heterocycles. The van der Waals surface area contributed by atoms with Gasteiger partial charge < -0.3 is 5.11 Å². The molecule has 6 heteroatoms. The Morgan fingerprint density at radius 1 is 1.71 bits per heavy atom. The normalized spacial score (nSPS) is 28.8. The van der Waals surface area contributed by atoms with Crippen molar-refractivity contribution in [1.82, 2.24) is 4.98 Å². The lowest BCUT2D eigenvalue weighted by Gasteiger charge is -2.06. The fourth-order valence-electron chi connectivity index (χ4n) is 1.47. The summed E-state index contributed by atoms with van der Waals surface area (Å²) < 4.78 is 26.0. The number of hydrogen-bond acceptors (Lipinski definition) is 3.